The third-order valence-electron chi connectivity index (χ3n) is 5.72. The van der Waals surface area contributed by atoms with E-state index in [2.05, 4.69) is 53.1 Å². The van der Waals surface area contributed by atoms with Crippen molar-refractivity contribution >= 4 is 0 Å². The van der Waals surface area contributed by atoms with Crippen LogP contribution in [0.2, 0.25) is 0 Å². The summed E-state index contributed by atoms with van der Waals surface area (Å²) in [4.78, 5) is 4.82. The molecule has 0 aromatic heterocycles. The minimum Gasteiger partial charge on any atom is -0.497 e. The monoisotopic (exact) mass is 390 g/mol. The average molecular weight is 391 g/mol. The summed E-state index contributed by atoms with van der Waals surface area (Å²) in [6.45, 7) is 5.43. The summed E-state index contributed by atoms with van der Waals surface area (Å²) in [5.74, 6) is 0.699. The normalized spacial score (nSPS) is 17.6. The Morgan fingerprint density at radius 1 is 0.862 bits per heavy atom. The molecule has 3 nitrogen and oxygen atoms in total. The Kier molecular flexibility index (Phi) is 5.93. The van der Waals surface area contributed by atoms with Crippen molar-refractivity contribution in [2.24, 2.45) is 0 Å². The molecule has 0 bridgehead atoms. The summed E-state index contributed by atoms with van der Waals surface area (Å²) >= 11 is 0. The van der Waals surface area contributed by atoms with Gasteiger partial charge in [-0.1, -0.05) is 54.6 Å². The summed E-state index contributed by atoms with van der Waals surface area (Å²) in [6, 6.07) is 23.8. The zero-order valence-electron chi connectivity index (χ0n) is 17.0. The smallest absolute Gasteiger partial charge is 0.127 e. The third-order valence-corrected chi connectivity index (χ3v) is 5.72. The highest BCUT2D eigenvalue weighted by Gasteiger charge is 2.33. The van der Waals surface area contributed by atoms with Gasteiger partial charge in [0, 0.05) is 31.7 Å². The van der Waals surface area contributed by atoms with Crippen molar-refractivity contribution < 1.29 is 9.13 Å². The van der Waals surface area contributed by atoms with Gasteiger partial charge in [0.15, 0.2) is 0 Å². The van der Waals surface area contributed by atoms with Crippen molar-refractivity contribution in [3.8, 4) is 5.75 Å². The number of ether oxygens (including phenoxy) is 1. The zero-order valence-corrected chi connectivity index (χ0v) is 17.0. The molecule has 1 aliphatic heterocycles. The van der Waals surface area contributed by atoms with Crippen LogP contribution in [0, 0.1) is 12.7 Å². The van der Waals surface area contributed by atoms with E-state index in [0.29, 0.717) is 6.54 Å². The first kappa shape index (κ1) is 19.6. The number of aryl methyl sites for hydroxylation is 1. The molecular formula is C25H27FN2O. The van der Waals surface area contributed by atoms with Gasteiger partial charge in [0.25, 0.3) is 0 Å². The molecule has 0 aliphatic carbocycles. The summed E-state index contributed by atoms with van der Waals surface area (Å²) in [5.41, 5.74) is 4.53. The Morgan fingerprint density at radius 2 is 1.52 bits per heavy atom. The van der Waals surface area contributed by atoms with Gasteiger partial charge in [-0.3, -0.25) is 9.80 Å². The molecule has 0 N–H and O–H groups in total. The van der Waals surface area contributed by atoms with Crippen LogP contribution in [0.25, 0.3) is 0 Å². The molecule has 1 fully saturated rings. The van der Waals surface area contributed by atoms with Gasteiger partial charge in [-0.2, -0.15) is 0 Å². The predicted octanol–water partition coefficient (Wildman–Crippen LogP) is 5.16. The summed E-state index contributed by atoms with van der Waals surface area (Å²) in [7, 11) is 1.69. The van der Waals surface area contributed by atoms with Gasteiger partial charge in [-0.15, -0.1) is 0 Å². The maximum absolute atomic E-state index is 14.3. The van der Waals surface area contributed by atoms with Gasteiger partial charge in [0.1, 0.15) is 11.6 Å². The fraction of sp³-hybridized carbons (Fsp3) is 0.280. The van der Waals surface area contributed by atoms with Gasteiger partial charge in [0.05, 0.1) is 13.3 Å². The molecule has 3 aromatic carbocycles. The lowest BCUT2D eigenvalue weighted by atomic mass is 10.1. The van der Waals surface area contributed by atoms with Crippen LogP contribution in [-0.2, 0) is 13.1 Å². The predicted molar refractivity (Wildman–Crippen MR) is 114 cm³/mol. The minimum atomic E-state index is -0.144. The van der Waals surface area contributed by atoms with Crippen molar-refractivity contribution in [3.05, 3.63) is 101 Å². The first-order chi connectivity index (χ1) is 14.2. The van der Waals surface area contributed by atoms with Crippen LogP contribution in [-0.4, -0.2) is 30.0 Å². The lowest BCUT2D eigenvalue weighted by Gasteiger charge is -2.31. The molecule has 0 unspecified atom stereocenters. The van der Waals surface area contributed by atoms with E-state index in [1.54, 1.807) is 13.2 Å². The number of halogens is 1. The van der Waals surface area contributed by atoms with Gasteiger partial charge in [-0.25, -0.2) is 4.39 Å². The SMILES string of the molecule is COc1cccc([C@H]2N(Cc3ccccc3C)CCN2Cc2ccccc2F)c1. The molecule has 150 valence electrons. The molecule has 1 atom stereocenters. The number of nitrogens with zero attached hydrogens (tertiary/aromatic N) is 2. The van der Waals surface area contributed by atoms with Crippen molar-refractivity contribution in [2.75, 3.05) is 20.2 Å². The van der Waals surface area contributed by atoms with Crippen LogP contribution in [0.1, 0.15) is 28.4 Å². The second-order valence-corrected chi connectivity index (χ2v) is 7.61. The maximum Gasteiger partial charge on any atom is 0.127 e. The molecule has 0 spiro atoms. The van der Waals surface area contributed by atoms with Crippen LogP contribution >= 0.6 is 0 Å². The Bertz CT molecular complexity index is 919. The summed E-state index contributed by atoms with van der Waals surface area (Å²) < 4.78 is 19.8. The quantitative estimate of drug-likeness (QED) is 0.578. The lowest BCUT2D eigenvalue weighted by molar-refractivity contribution is 0.124. The number of benzene rings is 3. The van der Waals surface area contributed by atoms with Gasteiger partial charge in [-0.05, 0) is 41.8 Å². The Hall–Kier alpha value is -2.69. The fourth-order valence-corrected chi connectivity index (χ4v) is 4.14. The van der Waals surface area contributed by atoms with E-state index in [4.69, 9.17) is 4.74 Å². The standard InChI is InChI=1S/C25H27FN2O/c1-19-8-3-4-9-21(19)17-27-14-15-28(18-22-10-5-6-13-24(22)26)25(27)20-11-7-12-23(16-20)29-2/h3-13,16,25H,14-15,17-18H2,1-2H3/t25-/m0/s1. The molecule has 1 heterocycles. The molecule has 4 rings (SSSR count). The Morgan fingerprint density at radius 3 is 2.21 bits per heavy atom. The molecule has 1 aliphatic rings. The maximum atomic E-state index is 14.3. The fourth-order valence-electron chi connectivity index (χ4n) is 4.14. The first-order valence-corrected chi connectivity index (χ1v) is 10.1. The van der Waals surface area contributed by atoms with Gasteiger partial charge in [0.2, 0.25) is 0 Å². The van der Waals surface area contributed by atoms with E-state index in [9.17, 15) is 4.39 Å². The van der Waals surface area contributed by atoms with Crippen LogP contribution in [0.4, 0.5) is 4.39 Å². The largest absolute Gasteiger partial charge is 0.497 e. The number of hydrogen-bond donors (Lipinski definition) is 0. The second-order valence-electron chi connectivity index (χ2n) is 7.61. The van der Waals surface area contributed by atoms with Gasteiger partial charge < -0.3 is 4.74 Å². The highest BCUT2D eigenvalue weighted by Crippen LogP contribution is 2.34. The number of methoxy groups -OCH3 is 1. The minimum absolute atomic E-state index is 0.0734. The molecule has 0 amide bonds. The Labute approximate surface area is 172 Å². The molecule has 1 saturated heterocycles. The van der Waals surface area contributed by atoms with Crippen molar-refractivity contribution in [1.82, 2.24) is 9.80 Å². The molecule has 29 heavy (non-hydrogen) atoms. The van der Waals surface area contributed by atoms with Crippen molar-refractivity contribution in [1.29, 1.82) is 0 Å². The van der Waals surface area contributed by atoms with E-state index < -0.39 is 0 Å². The van der Waals surface area contributed by atoms with Crippen molar-refractivity contribution in [2.45, 2.75) is 26.2 Å². The molecule has 0 radical (unpaired) electrons. The highest BCUT2D eigenvalue weighted by molar-refractivity contribution is 5.32. The number of rotatable bonds is 6. The third kappa shape index (κ3) is 4.34. The average Bonchev–Trinajstić information content (AvgIpc) is 3.13. The van der Waals surface area contributed by atoms with Crippen LogP contribution in [0.3, 0.4) is 0 Å². The second kappa shape index (κ2) is 8.76. The van der Waals surface area contributed by atoms with E-state index in [1.165, 1.54) is 22.8 Å². The van der Waals surface area contributed by atoms with Gasteiger partial charge >= 0.3 is 0 Å². The molecule has 0 saturated carbocycles. The van der Waals surface area contributed by atoms with Crippen molar-refractivity contribution in [3.63, 3.8) is 0 Å². The van der Waals surface area contributed by atoms with E-state index in [0.717, 1.165) is 30.9 Å². The van der Waals surface area contributed by atoms with E-state index in [-0.39, 0.29) is 12.0 Å². The highest BCUT2D eigenvalue weighted by atomic mass is 19.1. The lowest BCUT2D eigenvalue weighted by Crippen LogP contribution is -2.31. The van der Waals surface area contributed by atoms with Crippen LogP contribution in [0.5, 0.6) is 5.75 Å². The molecule has 3 aromatic rings. The summed E-state index contributed by atoms with van der Waals surface area (Å²) in [6.07, 6.45) is 0.0734. The van der Waals surface area contributed by atoms with E-state index >= 15 is 0 Å². The Balaban J connectivity index is 1.66. The first-order valence-electron chi connectivity index (χ1n) is 10.1. The molecule has 4 heteroatoms. The van der Waals surface area contributed by atoms with Crippen LogP contribution in [0.15, 0.2) is 72.8 Å². The zero-order chi connectivity index (χ0) is 20.2. The van der Waals surface area contributed by atoms with Crippen LogP contribution < -0.4 is 4.74 Å². The topological polar surface area (TPSA) is 15.7 Å². The summed E-state index contributed by atoms with van der Waals surface area (Å²) in [5, 5.41) is 0. The molecular weight excluding hydrogens is 363 g/mol. The van der Waals surface area contributed by atoms with E-state index in [1.807, 2.05) is 24.3 Å². The number of hydrogen-bond acceptors (Lipinski definition) is 3.